The second-order valence-corrected chi connectivity index (χ2v) is 8.15. The minimum absolute atomic E-state index is 0.0401. The standard InChI is InChI=1S/C24H23N3O4S/c25-24(29)20-11-12-22(21(15-20)27(30)31)32-17-23(28)26(16-19-9-5-2-6-10-19)14-13-18-7-3-1-4-8-18/h1-12,15H,13-14,16-17H2,(H2,25,29). The summed E-state index contributed by atoms with van der Waals surface area (Å²) in [5, 5.41) is 11.4. The lowest BCUT2D eigenvalue weighted by molar-refractivity contribution is -0.387. The first-order valence-corrected chi connectivity index (χ1v) is 11.0. The van der Waals surface area contributed by atoms with Crippen LogP contribution >= 0.6 is 11.8 Å². The molecule has 2 N–H and O–H groups in total. The first-order valence-electron chi connectivity index (χ1n) is 10.0. The smallest absolute Gasteiger partial charge is 0.283 e. The van der Waals surface area contributed by atoms with Crippen LogP contribution in [0, 0.1) is 10.1 Å². The first-order chi connectivity index (χ1) is 15.4. The van der Waals surface area contributed by atoms with E-state index in [1.165, 1.54) is 12.1 Å². The maximum atomic E-state index is 13.1. The quantitative estimate of drug-likeness (QED) is 0.285. The Balaban J connectivity index is 1.73. The van der Waals surface area contributed by atoms with Crippen molar-refractivity contribution in [3.63, 3.8) is 0 Å². The van der Waals surface area contributed by atoms with Crippen molar-refractivity contribution in [3.05, 3.63) is 106 Å². The first kappa shape index (κ1) is 23.0. The molecule has 0 aromatic heterocycles. The van der Waals surface area contributed by atoms with E-state index in [1.807, 2.05) is 60.7 Å². The summed E-state index contributed by atoms with van der Waals surface area (Å²) in [4.78, 5) is 37.3. The van der Waals surface area contributed by atoms with Crippen molar-refractivity contribution >= 4 is 29.3 Å². The lowest BCUT2D eigenvalue weighted by atomic mass is 10.1. The third-order valence-corrected chi connectivity index (χ3v) is 5.92. The number of hydrogen-bond donors (Lipinski definition) is 1. The van der Waals surface area contributed by atoms with Crippen molar-refractivity contribution in [2.45, 2.75) is 17.9 Å². The number of benzene rings is 3. The van der Waals surface area contributed by atoms with Crippen LogP contribution in [-0.2, 0) is 17.8 Å². The van der Waals surface area contributed by atoms with Crippen molar-refractivity contribution in [1.29, 1.82) is 0 Å². The molecule has 7 nitrogen and oxygen atoms in total. The van der Waals surface area contributed by atoms with Crippen LogP contribution in [0.15, 0.2) is 83.8 Å². The summed E-state index contributed by atoms with van der Waals surface area (Å²) in [6.07, 6.45) is 0.706. The molecule has 3 aromatic carbocycles. The van der Waals surface area contributed by atoms with Crippen LogP contribution < -0.4 is 5.73 Å². The number of nitro groups is 1. The second-order valence-electron chi connectivity index (χ2n) is 7.13. The summed E-state index contributed by atoms with van der Waals surface area (Å²) in [6.45, 7) is 0.983. The molecule has 0 saturated carbocycles. The molecule has 0 saturated heterocycles. The van der Waals surface area contributed by atoms with Crippen molar-refractivity contribution < 1.29 is 14.5 Å². The van der Waals surface area contributed by atoms with Crippen molar-refractivity contribution in [2.75, 3.05) is 12.3 Å². The predicted octanol–water partition coefficient (Wildman–Crippen LogP) is 4.06. The molecular formula is C24H23N3O4S. The van der Waals surface area contributed by atoms with E-state index in [1.54, 1.807) is 4.90 Å². The number of thioether (sulfide) groups is 1. The fourth-order valence-corrected chi connectivity index (χ4v) is 4.08. The Bertz CT molecular complexity index is 1090. The monoisotopic (exact) mass is 449 g/mol. The van der Waals surface area contributed by atoms with Gasteiger partial charge in [0.25, 0.3) is 5.69 Å². The van der Waals surface area contributed by atoms with E-state index in [2.05, 4.69) is 0 Å². The maximum absolute atomic E-state index is 13.1. The second kappa shape index (κ2) is 11.1. The molecule has 3 aromatic rings. The summed E-state index contributed by atoms with van der Waals surface area (Å²) in [6, 6.07) is 23.6. The van der Waals surface area contributed by atoms with Gasteiger partial charge in [-0.05, 0) is 29.7 Å². The molecule has 32 heavy (non-hydrogen) atoms. The van der Waals surface area contributed by atoms with Gasteiger partial charge in [0.2, 0.25) is 11.8 Å². The van der Waals surface area contributed by atoms with Crippen molar-refractivity contribution in [3.8, 4) is 0 Å². The summed E-state index contributed by atoms with van der Waals surface area (Å²) in [7, 11) is 0. The Hall–Kier alpha value is -3.65. The van der Waals surface area contributed by atoms with Gasteiger partial charge in [0.05, 0.1) is 15.6 Å². The number of hydrogen-bond acceptors (Lipinski definition) is 5. The van der Waals surface area contributed by atoms with E-state index < -0.39 is 10.8 Å². The molecule has 0 atom stereocenters. The fraction of sp³-hybridized carbons (Fsp3) is 0.167. The largest absolute Gasteiger partial charge is 0.366 e. The van der Waals surface area contributed by atoms with E-state index in [9.17, 15) is 19.7 Å². The van der Waals surface area contributed by atoms with Gasteiger partial charge < -0.3 is 10.6 Å². The molecule has 0 radical (unpaired) electrons. The third-order valence-electron chi connectivity index (χ3n) is 4.87. The SMILES string of the molecule is NC(=O)c1ccc(SCC(=O)N(CCc2ccccc2)Cc2ccccc2)c([N+](=O)[O-])c1. The number of carbonyl (C=O) groups is 2. The molecule has 0 spiro atoms. The van der Waals surface area contributed by atoms with Crippen LogP contribution in [0.2, 0.25) is 0 Å². The van der Waals surface area contributed by atoms with Gasteiger partial charge in [-0.3, -0.25) is 19.7 Å². The highest BCUT2D eigenvalue weighted by Crippen LogP contribution is 2.30. The molecule has 164 valence electrons. The van der Waals surface area contributed by atoms with E-state index in [4.69, 9.17) is 5.73 Å². The zero-order valence-corrected chi connectivity index (χ0v) is 18.2. The molecule has 0 aliphatic rings. The van der Waals surface area contributed by atoms with E-state index in [0.717, 1.165) is 29.0 Å². The fourth-order valence-electron chi connectivity index (χ4n) is 3.17. The number of carbonyl (C=O) groups excluding carboxylic acids is 2. The van der Waals surface area contributed by atoms with Crippen LogP contribution in [0.1, 0.15) is 21.5 Å². The zero-order valence-electron chi connectivity index (χ0n) is 17.3. The van der Waals surface area contributed by atoms with Gasteiger partial charge in [0.15, 0.2) is 0 Å². The molecule has 0 bridgehead atoms. The minimum atomic E-state index is -0.740. The van der Waals surface area contributed by atoms with Gasteiger partial charge in [0, 0.05) is 24.7 Å². The van der Waals surface area contributed by atoms with Crippen LogP contribution in [-0.4, -0.2) is 33.9 Å². The van der Waals surface area contributed by atoms with Gasteiger partial charge in [-0.25, -0.2) is 0 Å². The van der Waals surface area contributed by atoms with Gasteiger partial charge >= 0.3 is 0 Å². The van der Waals surface area contributed by atoms with E-state index in [0.29, 0.717) is 24.4 Å². The molecule has 0 aliphatic carbocycles. The predicted molar refractivity (Wildman–Crippen MR) is 124 cm³/mol. The molecule has 8 heteroatoms. The summed E-state index contributed by atoms with van der Waals surface area (Å²) >= 11 is 1.08. The number of nitrogens with two attached hydrogens (primary N) is 1. The van der Waals surface area contributed by atoms with Crippen molar-refractivity contribution in [1.82, 2.24) is 4.90 Å². The maximum Gasteiger partial charge on any atom is 0.283 e. The van der Waals surface area contributed by atoms with Gasteiger partial charge in [-0.15, -0.1) is 11.8 Å². The Morgan fingerprint density at radius 2 is 1.56 bits per heavy atom. The molecular weight excluding hydrogens is 426 g/mol. The highest BCUT2D eigenvalue weighted by molar-refractivity contribution is 8.00. The Morgan fingerprint density at radius 1 is 0.938 bits per heavy atom. The van der Waals surface area contributed by atoms with Crippen LogP contribution in [0.3, 0.4) is 0 Å². The minimum Gasteiger partial charge on any atom is -0.366 e. The zero-order chi connectivity index (χ0) is 22.9. The van der Waals surface area contributed by atoms with Crippen LogP contribution in [0.4, 0.5) is 5.69 Å². The van der Waals surface area contributed by atoms with E-state index >= 15 is 0 Å². The molecule has 0 fully saturated rings. The number of rotatable bonds is 10. The molecule has 0 aliphatic heterocycles. The van der Waals surface area contributed by atoms with Crippen LogP contribution in [0.5, 0.6) is 0 Å². The molecule has 0 unspecified atom stereocenters. The highest BCUT2D eigenvalue weighted by atomic mass is 32.2. The van der Waals surface area contributed by atoms with Gasteiger partial charge in [-0.2, -0.15) is 0 Å². The third kappa shape index (κ3) is 6.42. The van der Waals surface area contributed by atoms with Crippen molar-refractivity contribution in [2.24, 2.45) is 5.73 Å². The Kier molecular flexibility index (Phi) is 7.99. The van der Waals surface area contributed by atoms with Crippen LogP contribution in [0.25, 0.3) is 0 Å². The van der Waals surface area contributed by atoms with Gasteiger partial charge in [0.1, 0.15) is 0 Å². The molecule has 2 amide bonds. The molecule has 3 rings (SSSR count). The average molecular weight is 450 g/mol. The normalized spacial score (nSPS) is 10.5. The number of nitrogens with zero attached hydrogens (tertiary/aromatic N) is 2. The summed E-state index contributed by atoms with van der Waals surface area (Å²) in [5.74, 6) is -0.822. The Morgan fingerprint density at radius 3 is 2.16 bits per heavy atom. The average Bonchev–Trinajstić information content (AvgIpc) is 2.81. The number of nitro benzene ring substituents is 1. The summed E-state index contributed by atoms with van der Waals surface area (Å²) in [5.41, 5.74) is 7.18. The lowest BCUT2D eigenvalue weighted by Gasteiger charge is -2.23. The van der Waals surface area contributed by atoms with Gasteiger partial charge in [-0.1, -0.05) is 60.7 Å². The Labute approximate surface area is 190 Å². The topological polar surface area (TPSA) is 107 Å². The summed E-state index contributed by atoms with van der Waals surface area (Å²) < 4.78 is 0. The lowest BCUT2D eigenvalue weighted by Crippen LogP contribution is -2.33. The van der Waals surface area contributed by atoms with E-state index in [-0.39, 0.29) is 22.9 Å². The molecule has 0 heterocycles. The number of primary amides is 1. The number of amides is 2. The highest BCUT2D eigenvalue weighted by Gasteiger charge is 2.20.